The highest BCUT2D eigenvalue weighted by Crippen LogP contribution is 2.38. The standard InChI is InChI=1S/C18H11Cl2NO5S/c19-11-3-1-2-4-13(11)21-17(24)15(27-18(21)25)8-10-5-6-14(12(20)7-10)26-9-16(22)23/h1-8H,9H2,(H,22,23)/p-1/b15-8-. The summed E-state index contributed by atoms with van der Waals surface area (Å²) in [4.78, 5) is 36.6. The third kappa shape index (κ3) is 4.27. The Bertz CT molecular complexity index is 976. The lowest BCUT2D eigenvalue weighted by molar-refractivity contribution is -0.307. The van der Waals surface area contributed by atoms with Gasteiger partial charge in [0.05, 0.1) is 26.6 Å². The summed E-state index contributed by atoms with van der Waals surface area (Å²) in [6, 6.07) is 11.1. The smallest absolute Gasteiger partial charge is 0.298 e. The molecule has 1 aliphatic heterocycles. The molecule has 0 aliphatic carbocycles. The van der Waals surface area contributed by atoms with E-state index in [9.17, 15) is 19.5 Å². The number of hydrogen-bond acceptors (Lipinski definition) is 6. The van der Waals surface area contributed by atoms with Crippen molar-refractivity contribution in [2.24, 2.45) is 0 Å². The molecule has 0 bridgehead atoms. The van der Waals surface area contributed by atoms with Crippen molar-refractivity contribution in [2.45, 2.75) is 0 Å². The van der Waals surface area contributed by atoms with Crippen LogP contribution >= 0.6 is 35.0 Å². The van der Waals surface area contributed by atoms with Crippen LogP contribution < -0.4 is 14.7 Å². The number of nitrogens with zero attached hydrogens (tertiary/aromatic N) is 1. The zero-order chi connectivity index (χ0) is 19.6. The predicted molar refractivity (Wildman–Crippen MR) is 102 cm³/mol. The first kappa shape index (κ1) is 19.3. The number of halogens is 2. The number of carbonyl (C=O) groups excluding carboxylic acids is 3. The number of benzene rings is 2. The summed E-state index contributed by atoms with van der Waals surface area (Å²) in [7, 11) is 0. The van der Waals surface area contributed by atoms with Crippen LogP contribution in [-0.4, -0.2) is 23.7 Å². The number of carboxylic acids is 1. The van der Waals surface area contributed by atoms with E-state index in [0.29, 0.717) is 16.3 Å². The Hall–Kier alpha value is -2.48. The maximum Gasteiger partial charge on any atom is 0.298 e. The van der Waals surface area contributed by atoms with Crippen molar-refractivity contribution in [1.82, 2.24) is 0 Å². The Morgan fingerprint density at radius 1 is 1.15 bits per heavy atom. The molecule has 138 valence electrons. The minimum atomic E-state index is -1.37. The first-order chi connectivity index (χ1) is 12.9. The molecule has 2 aromatic carbocycles. The van der Waals surface area contributed by atoms with E-state index in [0.717, 1.165) is 16.7 Å². The second-order valence-electron chi connectivity index (χ2n) is 5.32. The number of imide groups is 1. The second kappa shape index (κ2) is 8.04. The van der Waals surface area contributed by atoms with Gasteiger partial charge in [0.15, 0.2) is 0 Å². The summed E-state index contributed by atoms with van der Waals surface area (Å²) >= 11 is 12.9. The van der Waals surface area contributed by atoms with Gasteiger partial charge < -0.3 is 14.6 Å². The quantitative estimate of drug-likeness (QED) is 0.686. The highest BCUT2D eigenvalue weighted by Gasteiger charge is 2.37. The van der Waals surface area contributed by atoms with Crippen molar-refractivity contribution >= 4 is 63.8 Å². The normalized spacial score (nSPS) is 15.5. The van der Waals surface area contributed by atoms with Gasteiger partial charge in [0.1, 0.15) is 12.4 Å². The third-order valence-electron chi connectivity index (χ3n) is 3.49. The van der Waals surface area contributed by atoms with Crippen molar-refractivity contribution in [3.63, 3.8) is 0 Å². The minimum Gasteiger partial charge on any atom is -0.546 e. The Morgan fingerprint density at radius 3 is 2.56 bits per heavy atom. The molecule has 0 N–H and O–H groups in total. The van der Waals surface area contributed by atoms with Crippen molar-refractivity contribution in [1.29, 1.82) is 0 Å². The molecule has 2 amide bonds. The fourth-order valence-electron chi connectivity index (χ4n) is 2.32. The number of thioether (sulfide) groups is 1. The van der Waals surface area contributed by atoms with Gasteiger partial charge in [-0.05, 0) is 47.7 Å². The molecule has 0 spiro atoms. The molecule has 1 saturated heterocycles. The number of carboxylic acid groups (broad SMARTS) is 1. The fourth-order valence-corrected chi connectivity index (χ4v) is 3.62. The molecule has 9 heteroatoms. The van der Waals surface area contributed by atoms with E-state index in [4.69, 9.17) is 27.9 Å². The van der Waals surface area contributed by atoms with Crippen LogP contribution in [0, 0.1) is 0 Å². The summed E-state index contributed by atoms with van der Waals surface area (Å²) < 4.78 is 4.99. The number of aliphatic carboxylic acids is 1. The van der Waals surface area contributed by atoms with E-state index in [1.165, 1.54) is 18.2 Å². The number of carbonyl (C=O) groups is 3. The van der Waals surface area contributed by atoms with Crippen LogP contribution in [0.2, 0.25) is 10.0 Å². The van der Waals surface area contributed by atoms with Gasteiger partial charge in [-0.1, -0.05) is 41.4 Å². The Kier molecular flexibility index (Phi) is 5.74. The van der Waals surface area contributed by atoms with Crippen molar-refractivity contribution < 1.29 is 24.2 Å². The molecule has 1 heterocycles. The Balaban J connectivity index is 1.85. The first-order valence-corrected chi connectivity index (χ1v) is 9.09. The molecule has 2 aromatic rings. The first-order valence-electron chi connectivity index (χ1n) is 7.51. The van der Waals surface area contributed by atoms with Gasteiger partial charge >= 0.3 is 0 Å². The van der Waals surface area contributed by atoms with Gasteiger partial charge in [-0.25, -0.2) is 4.90 Å². The summed E-state index contributed by atoms with van der Waals surface area (Å²) in [5, 5.41) is 10.4. The number of ether oxygens (including phenoxy) is 1. The van der Waals surface area contributed by atoms with Crippen molar-refractivity contribution in [3.8, 4) is 5.75 Å². The monoisotopic (exact) mass is 422 g/mol. The summed E-state index contributed by atoms with van der Waals surface area (Å²) in [5.74, 6) is -1.70. The maximum absolute atomic E-state index is 12.6. The number of para-hydroxylation sites is 1. The molecule has 0 radical (unpaired) electrons. The highest BCUT2D eigenvalue weighted by molar-refractivity contribution is 8.19. The lowest BCUT2D eigenvalue weighted by atomic mass is 10.2. The van der Waals surface area contributed by atoms with E-state index >= 15 is 0 Å². The third-order valence-corrected chi connectivity index (χ3v) is 4.97. The van der Waals surface area contributed by atoms with Gasteiger partial charge in [0.25, 0.3) is 11.1 Å². The van der Waals surface area contributed by atoms with Crippen molar-refractivity contribution in [2.75, 3.05) is 11.5 Å². The summed E-state index contributed by atoms with van der Waals surface area (Å²) in [6.45, 7) is -0.629. The Morgan fingerprint density at radius 2 is 1.89 bits per heavy atom. The van der Waals surface area contributed by atoms with E-state index in [1.54, 1.807) is 30.3 Å². The molecular formula is C18H10Cl2NO5S-. The summed E-state index contributed by atoms with van der Waals surface area (Å²) in [6.07, 6.45) is 1.51. The number of rotatable bonds is 5. The average Bonchev–Trinajstić information content (AvgIpc) is 2.88. The zero-order valence-corrected chi connectivity index (χ0v) is 15.8. The van der Waals surface area contributed by atoms with Gasteiger partial charge in [0, 0.05) is 0 Å². The predicted octanol–water partition coefficient (Wildman–Crippen LogP) is 3.36. The Labute approximate surface area is 168 Å². The van der Waals surface area contributed by atoms with Crippen LogP contribution in [0.15, 0.2) is 47.4 Å². The molecule has 0 saturated carbocycles. The SMILES string of the molecule is O=C([O-])COc1ccc(/C=C2\SC(=O)N(c3ccccc3Cl)C2=O)cc1Cl. The number of amides is 2. The number of hydrogen-bond donors (Lipinski definition) is 0. The topological polar surface area (TPSA) is 86.7 Å². The zero-order valence-electron chi connectivity index (χ0n) is 13.5. The highest BCUT2D eigenvalue weighted by atomic mass is 35.5. The molecule has 1 aliphatic rings. The number of anilines is 1. The average molecular weight is 423 g/mol. The van der Waals surface area contributed by atoms with E-state index in [2.05, 4.69) is 0 Å². The van der Waals surface area contributed by atoms with Crippen LogP contribution in [-0.2, 0) is 9.59 Å². The fraction of sp³-hybridized carbons (Fsp3) is 0.0556. The maximum atomic E-state index is 12.6. The van der Waals surface area contributed by atoms with Gasteiger partial charge in [-0.3, -0.25) is 9.59 Å². The molecule has 3 rings (SSSR count). The molecule has 0 atom stereocenters. The van der Waals surface area contributed by atoms with Crippen LogP contribution in [0.1, 0.15) is 5.56 Å². The van der Waals surface area contributed by atoms with Gasteiger partial charge in [-0.15, -0.1) is 0 Å². The van der Waals surface area contributed by atoms with Gasteiger partial charge in [0.2, 0.25) is 0 Å². The molecular weight excluding hydrogens is 413 g/mol. The largest absolute Gasteiger partial charge is 0.546 e. The molecule has 6 nitrogen and oxygen atoms in total. The van der Waals surface area contributed by atoms with Crippen LogP contribution in [0.25, 0.3) is 6.08 Å². The van der Waals surface area contributed by atoms with Crippen LogP contribution in [0.5, 0.6) is 5.75 Å². The van der Waals surface area contributed by atoms with Crippen molar-refractivity contribution in [3.05, 3.63) is 63.0 Å². The van der Waals surface area contributed by atoms with Crippen LogP contribution in [0.3, 0.4) is 0 Å². The summed E-state index contributed by atoms with van der Waals surface area (Å²) in [5.41, 5.74) is 0.861. The molecule has 0 aromatic heterocycles. The van der Waals surface area contributed by atoms with Crippen LogP contribution in [0.4, 0.5) is 10.5 Å². The second-order valence-corrected chi connectivity index (χ2v) is 7.13. The van der Waals surface area contributed by atoms with E-state index < -0.39 is 23.7 Å². The van der Waals surface area contributed by atoms with Gasteiger partial charge in [-0.2, -0.15) is 0 Å². The van der Waals surface area contributed by atoms with E-state index in [1.807, 2.05) is 0 Å². The lowest BCUT2D eigenvalue weighted by Gasteiger charge is -2.13. The molecule has 0 unspecified atom stereocenters. The molecule has 1 fully saturated rings. The molecule has 27 heavy (non-hydrogen) atoms. The minimum absolute atomic E-state index is 0.162. The lowest BCUT2D eigenvalue weighted by Crippen LogP contribution is -2.29. The van der Waals surface area contributed by atoms with E-state index in [-0.39, 0.29) is 15.7 Å².